The number of amides is 1. The summed E-state index contributed by atoms with van der Waals surface area (Å²) in [6.45, 7) is -0.423. The number of carbonyl (C=O) groups is 1. The van der Waals surface area contributed by atoms with Crippen molar-refractivity contribution in [2.45, 2.75) is 23.4 Å². The molecule has 1 fully saturated rings. The molecular formula is C22H25FN2O5S2. The van der Waals surface area contributed by atoms with E-state index in [1.54, 1.807) is 18.2 Å². The van der Waals surface area contributed by atoms with Crippen LogP contribution in [0.1, 0.15) is 12.8 Å². The number of nitrogens with zero attached hydrogens (tertiary/aromatic N) is 1. The summed E-state index contributed by atoms with van der Waals surface area (Å²) in [6, 6.07) is 15.8. The maximum absolute atomic E-state index is 15.2. The normalized spacial score (nSPS) is 17.3. The Hall–Kier alpha value is -2.56. The van der Waals surface area contributed by atoms with Crippen LogP contribution in [0.5, 0.6) is 0 Å². The Balaban J connectivity index is 1.71. The van der Waals surface area contributed by atoms with Crippen molar-refractivity contribution in [2.75, 3.05) is 25.9 Å². The van der Waals surface area contributed by atoms with Crippen LogP contribution in [0.25, 0.3) is 11.1 Å². The Morgan fingerprint density at radius 3 is 2.25 bits per heavy atom. The average molecular weight is 481 g/mol. The molecule has 0 unspecified atom stereocenters. The van der Waals surface area contributed by atoms with Gasteiger partial charge in [0.2, 0.25) is 10.0 Å². The summed E-state index contributed by atoms with van der Waals surface area (Å²) in [4.78, 5) is 12.4. The number of rotatable bonds is 7. The molecule has 7 nitrogen and oxygen atoms in total. The maximum atomic E-state index is 15.2. The van der Waals surface area contributed by atoms with Gasteiger partial charge in [0.25, 0.3) is 5.91 Å². The van der Waals surface area contributed by atoms with Crippen molar-refractivity contribution in [2.24, 2.45) is 0 Å². The number of hydrogen-bond acceptors (Lipinski definition) is 5. The molecular weight excluding hydrogens is 455 g/mol. The maximum Gasteiger partial charge on any atom is 0.258 e. The second kappa shape index (κ2) is 9.51. The van der Waals surface area contributed by atoms with Gasteiger partial charge in [-0.2, -0.15) is 4.31 Å². The molecule has 1 saturated heterocycles. The summed E-state index contributed by atoms with van der Waals surface area (Å²) in [5.41, 5.74) is -0.908. The highest BCUT2D eigenvalue weighted by Crippen LogP contribution is 2.33. The van der Waals surface area contributed by atoms with Gasteiger partial charge in [0.05, 0.1) is 4.90 Å². The van der Waals surface area contributed by atoms with Crippen LogP contribution in [0.3, 0.4) is 0 Å². The summed E-state index contributed by atoms with van der Waals surface area (Å²) >= 11 is 0. The van der Waals surface area contributed by atoms with Gasteiger partial charge in [-0.1, -0.05) is 54.6 Å². The summed E-state index contributed by atoms with van der Waals surface area (Å²) in [7, 11) is -7.23. The fourth-order valence-electron chi connectivity index (χ4n) is 3.53. The monoisotopic (exact) mass is 480 g/mol. The van der Waals surface area contributed by atoms with Crippen LogP contribution in [-0.2, 0) is 24.7 Å². The molecule has 1 amide bonds. The quantitative estimate of drug-likeness (QED) is 0.656. The Kier molecular flexibility index (Phi) is 7.16. The predicted octanol–water partition coefficient (Wildman–Crippen LogP) is 2.52. The third-order valence-corrected chi connectivity index (χ3v) is 7.88. The Bertz CT molecular complexity index is 1200. The molecule has 2 aromatic carbocycles. The van der Waals surface area contributed by atoms with E-state index in [0.29, 0.717) is 5.56 Å². The van der Waals surface area contributed by atoms with Crippen LogP contribution in [0.4, 0.5) is 4.39 Å². The van der Waals surface area contributed by atoms with E-state index < -0.39 is 31.4 Å². The summed E-state index contributed by atoms with van der Waals surface area (Å²) in [6.07, 6.45) is 1.65. The zero-order chi connectivity index (χ0) is 23.4. The molecule has 1 N–H and O–H groups in total. The van der Waals surface area contributed by atoms with Crippen molar-refractivity contribution >= 4 is 25.8 Å². The minimum Gasteiger partial charge on any atom is -0.350 e. The summed E-state index contributed by atoms with van der Waals surface area (Å²) in [5, 5.41) is 3.28. The van der Waals surface area contributed by atoms with Crippen LogP contribution in [0.2, 0.25) is 0 Å². The van der Waals surface area contributed by atoms with Gasteiger partial charge >= 0.3 is 0 Å². The number of halogens is 1. The zero-order valence-electron chi connectivity index (χ0n) is 17.6. The number of sulfone groups is 1. The van der Waals surface area contributed by atoms with Gasteiger partial charge in [-0.25, -0.2) is 21.2 Å². The molecule has 0 bridgehead atoms. The molecule has 0 aromatic heterocycles. The minimum absolute atomic E-state index is 0.132. The molecule has 0 atom stereocenters. The molecule has 172 valence electrons. The highest BCUT2D eigenvalue weighted by atomic mass is 32.2. The number of nitrogens with one attached hydrogen (secondary N) is 1. The molecule has 0 aliphatic carbocycles. The molecule has 1 aliphatic rings. The average Bonchev–Trinajstić information content (AvgIpc) is 2.77. The molecule has 10 heteroatoms. The van der Waals surface area contributed by atoms with E-state index in [4.69, 9.17) is 0 Å². The molecule has 32 heavy (non-hydrogen) atoms. The van der Waals surface area contributed by atoms with Gasteiger partial charge < -0.3 is 5.32 Å². The number of alkyl halides is 1. The third-order valence-electron chi connectivity index (χ3n) is 5.24. The van der Waals surface area contributed by atoms with E-state index in [1.165, 1.54) is 16.4 Å². The fourth-order valence-corrected chi connectivity index (χ4v) is 5.63. The van der Waals surface area contributed by atoms with Gasteiger partial charge in [0.15, 0.2) is 15.5 Å². The zero-order valence-corrected chi connectivity index (χ0v) is 19.2. The SMILES string of the molecule is CS(=O)(=O)C=CCNC(=O)C1(F)CCN(S(=O)(=O)c2ccccc2-c2ccccc2)CC1. The van der Waals surface area contributed by atoms with Gasteiger partial charge in [-0.3, -0.25) is 4.79 Å². The van der Waals surface area contributed by atoms with E-state index in [1.807, 2.05) is 30.3 Å². The van der Waals surface area contributed by atoms with Crippen LogP contribution in [0, 0.1) is 0 Å². The summed E-state index contributed by atoms with van der Waals surface area (Å²) in [5.74, 6) is -0.877. The first kappa shape index (κ1) is 24.1. The second-order valence-electron chi connectivity index (χ2n) is 7.64. The predicted molar refractivity (Wildman–Crippen MR) is 121 cm³/mol. The van der Waals surface area contributed by atoms with Crippen LogP contribution in [0.15, 0.2) is 71.0 Å². The first-order valence-corrected chi connectivity index (χ1v) is 13.4. The molecule has 3 rings (SSSR count). The van der Waals surface area contributed by atoms with Crippen molar-refractivity contribution in [3.05, 3.63) is 66.1 Å². The van der Waals surface area contributed by atoms with E-state index in [9.17, 15) is 21.6 Å². The lowest BCUT2D eigenvalue weighted by Gasteiger charge is -2.34. The van der Waals surface area contributed by atoms with E-state index >= 15 is 4.39 Å². The molecule has 0 spiro atoms. The van der Waals surface area contributed by atoms with Gasteiger partial charge in [-0.05, 0) is 11.6 Å². The largest absolute Gasteiger partial charge is 0.350 e. The number of benzene rings is 2. The van der Waals surface area contributed by atoms with E-state index in [-0.39, 0.29) is 37.4 Å². The fraction of sp³-hybridized carbons (Fsp3) is 0.318. The topological polar surface area (TPSA) is 101 Å². The van der Waals surface area contributed by atoms with Gasteiger partial charge in [0.1, 0.15) is 0 Å². The third kappa shape index (κ3) is 5.62. The van der Waals surface area contributed by atoms with Crippen molar-refractivity contribution in [1.82, 2.24) is 9.62 Å². The number of carbonyl (C=O) groups excluding carboxylic acids is 1. The van der Waals surface area contributed by atoms with Gasteiger partial charge in [0, 0.05) is 49.7 Å². The van der Waals surface area contributed by atoms with Crippen molar-refractivity contribution in [3.8, 4) is 11.1 Å². The van der Waals surface area contributed by atoms with Crippen LogP contribution in [-0.4, -0.2) is 58.6 Å². The number of hydrogen-bond donors (Lipinski definition) is 1. The second-order valence-corrected chi connectivity index (χ2v) is 11.5. The molecule has 0 radical (unpaired) electrons. The standard InChI is InChI=1S/C22H25FN2O5S2/c1-31(27,28)17-7-14-24-21(26)22(23)12-15-25(16-13-22)32(29,30)20-11-6-5-10-19(20)18-8-3-2-4-9-18/h2-11,17H,12-16H2,1H3,(H,24,26). The minimum atomic E-state index is -3.90. The highest BCUT2D eigenvalue weighted by Gasteiger charge is 2.44. The first-order valence-electron chi connectivity index (χ1n) is 10.0. The number of sulfonamides is 1. The smallest absolute Gasteiger partial charge is 0.258 e. The van der Waals surface area contributed by atoms with Crippen molar-refractivity contribution in [3.63, 3.8) is 0 Å². The van der Waals surface area contributed by atoms with Gasteiger partial charge in [-0.15, -0.1) is 0 Å². The highest BCUT2D eigenvalue weighted by molar-refractivity contribution is 7.93. The van der Waals surface area contributed by atoms with Crippen molar-refractivity contribution in [1.29, 1.82) is 0 Å². The number of piperidine rings is 1. The molecule has 1 aliphatic heterocycles. The molecule has 2 aromatic rings. The Morgan fingerprint density at radius 2 is 1.62 bits per heavy atom. The first-order chi connectivity index (χ1) is 15.0. The lowest BCUT2D eigenvalue weighted by atomic mass is 9.93. The van der Waals surface area contributed by atoms with E-state index in [0.717, 1.165) is 17.2 Å². The molecule has 1 heterocycles. The van der Waals surface area contributed by atoms with Crippen LogP contribution < -0.4 is 5.32 Å². The van der Waals surface area contributed by atoms with E-state index in [2.05, 4.69) is 5.32 Å². The van der Waals surface area contributed by atoms with Crippen molar-refractivity contribution < 1.29 is 26.0 Å². The Morgan fingerprint density at radius 1 is 1.03 bits per heavy atom. The van der Waals surface area contributed by atoms with Crippen LogP contribution >= 0.6 is 0 Å². The Labute approximate surface area is 187 Å². The lowest BCUT2D eigenvalue weighted by molar-refractivity contribution is -0.135. The lowest BCUT2D eigenvalue weighted by Crippen LogP contribution is -2.52. The summed E-state index contributed by atoms with van der Waals surface area (Å²) < 4.78 is 65.1. The molecule has 0 saturated carbocycles.